The monoisotopic (exact) mass is 304 g/mol. The molecule has 0 atom stereocenters. The average Bonchev–Trinajstić information content (AvgIpc) is 2.49. The van der Waals surface area contributed by atoms with Gasteiger partial charge < -0.3 is 15.4 Å². The van der Waals surface area contributed by atoms with E-state index in [0.29, 0.717) is 16.5 Å². The number of carbonyl (C=O) groups is 1. The quantitative estimate of drug-likeness (QED) is 0.885. The summed E-state index contributed by atoms with van der Waals surface area (Å²) < 4.78 is 5.19. The van der Waals surface area contributed by atoms with E-state index in [1.165, 1.54) is 0 Å². The van der Waals surface area contributed by atoms with Crippen molar-refractivity contribution in [1.82, 2.24) is 0 Å². The summed E-state index contributed by atoms with van der Waals surface area (Å²) >= 11 is 6.07. The number of nitrogens with one attached hydrogen (secondary N) is 2. The molecule has 0 fully saturated rings. The average molecular weight is 305 g/mol. The van der Waals surface area contributed by atoms with Crippen molar-refractivity contribution in [2.75, 3.05) is 24.3 Å². The van der Waals surface area contributed by atoms with Crippen molar-refractivity contribution in [2.24, 2.45) is 0 Å². The first-order chi connectivity index (χ1) is 10.1. The van der Waals surface area contributed by atoms with E-state index in [2.05, 4.69) is 10.6 Å². The molecular formula is C16H17ClN2O2. The number of para-hydroxylation sites is 2. The van der Waals surface area contributed by atoms with Crippen molar-refractivity contribution in [2.45, 2.75) is 6.92 Å². The third-order valence-electron chi connectivity index (χ3n) is 2.94. The summed E-state index contributed by atoms with van der Waals surface area (Å²) in [7, 11) is 1.57. The highest BCUT2D eigenvalue weighted by atomic mass is 35.5. The molecule has 0 aliphatic carbocycles. The number of halogens is 1. The number of ether oxygens (including phenoxy) is 1. The van der Waals surface area contributed by atoms with Crippen molar-refractivity contribution in [3.63, 3.8) is 0 Å². The van der Waals surface area contributed by atoms with Gasteiger partial charge in [-0.15, -0.1) is 0 Å². The first-order valence-electron chi connectivity index (χ1n) is 6.53. The molecule has 0 radical (unpaired) electrons. The molecule has 2 aromatic rings. The van der Waals surface area contributed by atoms with E-state index in [0.717, 1.165) is 11.3 Å². The summed E-state index contributed by atoms with van der Waals surface area (Å²) in [5.41, 5.74) is 2.46. The molecule has 2 aromatic carbocycles. The molecule has 21 heavy (non-hydrogen) atoms. The summed E-state index contributed by atoms with van der Waals surface area (Å²) in [5.74, 6) is 0.455. The van der Waals surface area contributed by atoms with Crippen LogP contribution in [0.2, 0.25) is 5.02 Å². The van der Waals surface area contributed by atoms with Crippen LogP contribution in [0, 0.1) is 6.92 Å². The van der Waals surface area contributed by atoms with Crippen LogP contribution in [0.15, 0.2) is 42.5 Å². The molecule has 0 bridgehead atoms. The Bertz CT molecular complexity index is 644. The lowest BCUT2D eigenvalue weighted by Gasteiger charge is -2.12. The van der Waals surface area contributed by atoms with Gasteiger partial charge in [-0.05, 0) is 36.8 Å². The SMILES string of the molecule is COc1ccccc1NC(=O)CNc1cc(C)ccc1Cl. The number of carbonyl (C=O) groups excluding carboxylic acids is 1. The van der Waals surface area contributed by atoms with Crippen molar-refractivity contribution in [3.05, 3.63) is 53.1 Å². The zero-order chi connectivity index (χ0) is 15.2. The first-order valence-corrected chi connectivity index (χ1v) is 6.91. The number of rotatable bonds is 5. The smallest absolute Gasteiger partial charge is 0.243 e. The van der Waals surface area contributed by atoms with Crippen molar-refractivity contribution in [3.8, 4) is 5.75 Å². The van der Waals surface area contributed by atoms with E-state index in [-0.39, 0.29) is 12.5 Å². The van der Waals surface area contributed by atoms with Crippen LogP contribution in [0.4, 0.5) is 11.4 Å². The molecule has 0 spiro atoms. The zero-order valence-electron chi connectivity index (χ0n) is 11.9. The molecule has 0 heterocycles. The summed E-state index contributed by atoms with van der Waals surface area (Å²) in [6, 6.07) is 12.9. The third kappa shape index (κ3) is 4.13. The van der Waals surface area contributed by atoms with Crippen LogP contribution in [-0.2, 0) is 4.79 Å². The molecular weight excluding hydrogens is 288 g/mol. The number of hydrogen-bond donors (Lipinski definition) is 2. The van der Waals surface area contributed by atoms with E-state index < -0.39 is 0 Å². The van der Waals surface area contributed by atoms with Gasteiger partial charge in [-0.25, -0.2) is 0 Å². The fourth-order valence-electron chi connectivity index (χ4n) is 1.89. The van der Waals surface area contributed by atoms with E-state index in [9.17, 15) is 4.79 Å². The molecule has 0 saturated carbocycles. The predicted octanol–water partition coefficient (Wildman–Crippen LogP) is 3.71. The van der Waals surface area contributed by atoms with Crippen LogP contribution in [0.3, 0.4) is 0 Å². The van der Waals surface area contributed by atoms with E-state index in [1.807, 2.05) is 31.2 Å². The highest BCUT2D eigenvalue weighted by Gasteiger charge is 2.07. The molecule has 0 aliphatic heterocycles. The minimum Gasteiger partial charge on any atom is -0.495 e. The number of methoxy groups -OCH3 is 1. The Hall–Kier alpha value is -2.20. The molecule has 4 nitrogen and oxygen atoms in total. The van der Waals surface area contributed by atoms with E-state index in [1.54, 1.807) is 25.3 Å². The lowest BCUT2D eigenvalue weighted by atomic mass is 10.2. The second-order valence-electron chi connectivity index (χ2n) is 4.59. The van der Waals surface area contributed by atoms with Crippen LogP contribution in [-0.4, -0.2) is 19.6 Å². The molecule has 0 saturated heterocycles. The van der Waals surface area contributed by atoms with Gasteiger partial charge >= 0.3 is 0 Å². The minimum absolute atomic E-state index is 0.126. The number of anilines is 2. The fourth-order valence-corrected chi connectivity index (χ4v) is 2.08. The maximum Gasteiger partial charge on any atom is 0.243 e. The summed E-state index contributed by atoms with van der Waals surface area (Å²) in [5, 5.41) is 6.41. The fraction of sp³-hybridized carbons (Fsp3) is 0.188. The molecule has 2 rings (SSSR count). The molecule has 5 heteroatoms. The number of hydrogen-bond acceptors (Lipinski definition) is 3. The summed E-state index contributed by atoms with van der Waals surface area (Å²) in [6.45, 7) is 2.09. The topological polar surface area (TPSA) is 50.4 Å². The Labute approximate surface area is 129 Å². The molecule has 0 aliphatic rings. The lowest BCUT2D eigenvalue weighted by molar-refractivity contribution is -0.114. The van der Waals surface area contributed by atoms with Gasteiger partial charge in [-0.3, -0.25) is 4.79 Å². The van der Waals surface area contributed by atoms with Gasteiger partial charge in [0.1, 0.15) is 5.75 Å². The van der Waals surface area contributed by atoms with Gasteiger partial charge in [-0.1, -0.05) is 29.8 Å². The van der Waals surface area contributed by atoms with Gasteiger partial charge in [0.25, 0.3) is 0 Å². The van der Waals surface area contributed by atoms with Gasteiger partial charge in [0.15, 0.2) is 0 Å². The molecule has 0 aromatic heterocycles. The molecule has 0 unspecified atom stereocenters. The third-order valence-corrected chi connectivity index (χ3v) is 3.27. The molecule has 2 N–H and O–H groups in total. The molecule has 110 valence electrons. The Morgan fingerprint density at radius 2 is 1.95 bits per heavy atom. The number of amides is 1. The van der Waals surface area contributed by atoms with Gasteiger partial charge in [-0.2, -0.15) is 0 Å². The van der Waals surface area contributed by atoms with Crippen LogP contribution >= 0.6 is 11.6 Å². The Morgan fingerprint density at radius 1 is 1.19 bits per heavy atom. The van der Waals surface area contributed by atoms with E-state index in [4.69, 9.17) is 16.3 Å². The summed E-state index contributed by atoms with van der Waals surface area (Å²) in [4.78, 5) is 12.0. The number of aryl methyl sites for hydroxylation is 1. The number of benzene rings is 2. The van der Waals surface area contributed by atoms with E-state index >= 15 is 0 Å². The minimum atomic E-state index is -0.169. The van der Waals surface area contributed by atoms with Crippen molar-refractivity contribution in [1.29, 1.82) is 0 Å². The van der Waals surface area contributed by atoms with Crippen molar-refractivity contribution < 1.29 is 9.53 Å². The largest absolute Gasteiger partial charge is 0.495 e. The standard InChI is InChI=1S/C16H17ClN2O2/c1-11-7-8-12(17)14(9-11)18-10-16(20)19-13-5-3-4-6-15(13)21-2/h3-9,18H,10H2,1-2H3,(H,19,20). The van der Waals surface area contributed by atoms with Crippen LogP contribution in [0.1, 0.15) is 5.56 Å². The lowest BCUT2D eigenvalue weighted by Crippen LogP contribution is -2.22. The highest BCUT2D eigenvalue weighted by molar-refractivity contribution is 6.33. The van der Waals surface area contributed by atoms with Crippen LogP contribution < -0.4 is 15.4 Å². The Kier molecular flexibility index (Phi) is 5.06. The van der Waals surface area contributed by atoms with Gasteiger partial charge in [0.05, 0.1) is 30.1 Å². The zero-order valence-corrected chi connectivity index (χ0v) is 12.7. The second kappa shape index (κ2) is 6.99. The maximum absolute atomic E-state index is 12.0. The van der Waals surface area contributed by atoms with Gasteiger partial charge in [0.2, 0.25) is 5.91 Å². The highest BCUT2D eigenvalue weighted by Crippen LogP contribution is 2.24. The predicted molar refractivity (Wildman–Crippen MR) is 86.3 cm³/mol. The summed E-state index contributed by atoms with van der Waals surface area (Å²) in [6.07, 6.45) is 0. The van der Waals surface area contributed by atoms with Gasteiger partial charge in [0, 0.05) is 0 Å². The Balaban J connectivity index is 1.97. The van der Waals surface area contributed by atoms with Crippen molar-refractivity contribution >= 4 is 28.9 Å². The van der Waals surface area contributed by atoms with Crippen LogP contribution in [0.25, 0.3) is 0 Å². The molecule has 1 amide bonds. The maximum atomic E-state index is 12.0. The van der Waals surface area contributed by atoms with Crippen LogP contribution in [0.5, 0.6) is 5.75 Å². The second-order valence-corrected chi connectivity index (χ2v) is 4.99. The Morgan fingerprint density at radius 3 is 2.71 bits per heavy atom. The normalized spacial score (nSPS) is 10.0. The first kappa shape index (κ1) is 15.2.